The van der Waals surface area contributed by atoms with Gasteiger partial charge in [-0.3, -0.25) is 4.79 Å². The van der Waals surface area contributed by atoms with Crippen molar-refractivity contribution in [2.75, 3.05) is 24.3 Å². The second-order valence-electron chi connectivity index (χ2n) is 6.17. The highest BCUT2D eigenvalue weighted by molar-refractivity contribution is 6.30. The number of aryl methyl sites for hydroxylation is 1. The number of nitrogens with one attached hydrogen (secondary N) is 2. The number of amides is 1. The third-order valence-corrected chi connectivity index (χ3v) is 4.31. The maximum absolute atomic E-state index is 12.5. The van der Waals surface area contributed by atoms with Crippen molar-refractivity contribution in [1.82, 2.24) is 9.97 Å². The Bertz CT molecular complexity index is 961. The number of anilines is 2. The lowest BCUT2D eigenvalue weighted by Crippen LogP contribution is -2.17. The van der Waals surface area contributed by atoms with Gasteiger partial charge in [0.1, 0.15) is 11.4 Å². The van der Waals surface area contributed by atoms with Gasteiger partial charge in [0.05, 0.1) is 7.11 Å². The van der Waals surface area contributed by atoms with Crippen molar-refractivity contribution >= 4 is 29.1 Å². The number of hydrogen-bond donors (Lipinski definition) is 2. The number of aromatic nitrogens is 2. The predicted molar refractivity (Wildman–Crippen MR) is 111 cm³/mol. The Hall–Kier alpha value is -3.12. The normalized spacial score (nSPS) is 10.4. The first kappa shape index (κ1) is 19.6. The first-order chi connectivity index (χ1) is 13.5. The SMILES string of the molecule is COc1ccccc1CCNc1nc(C)cc(C(=O)Nc2ccc(Cl)cc2)n1. The van der Waals surface area contributed by atoms with Crippen LogP contribution in [-0.4, -0.2) is 29.5 Å². The first-order valence-electron chi connectivity index (χ1n) is 8.83. The second kappa shape index (κ2) is 9.19. The summed E-state index contributed by atoms with van der Waals surface area (Å²) < 4.78 is 5.36. The molecule has 1 aromatic heterocycles. The van der Waals surface area contributed by atoms with Crippen LogP contribution in [0.5, 0.6) is 5.75 Å². The van der Waals surface area contributed by atoms with Crippen molar-refractivity contribution in [3.05, 3.63) is 76.6 Å². The number of ether oxygens (including phenoxy) is 1. The fraction of sp³-hybridized carbons (Fsp3) is 0.190. The molecule has 3 aromatic rings. The molecule has 0 saturated carbocycles. The maximum atomic E-state index is 12.5. The molecule has 0 aliphatic carbocycles. The summed E-state index contributed by atoms with van der Waals surface area (Å²) in [6.45, 7) is 2.44. The monoisotopic (exact) mass is 396 g/mol. The van der Waals surface area contributed by atoms with Crippen LogP contribution in [0.25, 0.3) is 0 Å². The molecule has 7 heteroatoms. The molecule has 1 amide bonds. The average molecular weight is 397 g/mol. The second-order valence-corrected chi connectivity index (χ2v) is 6.60. The Morgan fingerprint density at radius 2 is 1.86 bits per heavy atom. The van der Waals surface area contributed by atoms with Crippen molar-refractivity contribution in [3.63, 3.8) is 0 Å². The minimum absolute atomic E-state index is 0.294. The van der Waals surface area contributed by atoms with Gasteiger partial charge in [-0.2, -0.15) is 0 Å². The van der Waals surface area contributed by atoms with Crippen LogP contribution >= 0.6 is 11.6 Å². The number of halogens is 1. The van der Waals surface area contributed by atoms with Crippen molar-refractivity contribution < 1.29 is 9.53 Å². The van der Waals surface area contributed by atoms with Gasteiger partial charge in [0.25, 0.3) is 5.91 Å². The van der Waals surface area contributed by atoms with Crippen LogP contribution in [0.2, 0.25) is 5.02 Å². The van der Waals surface area contributed by atoms with Crippen LogP contribution in [0.4, 0.5) is 11.6 Å². The molecule has 1 heterocycles. The topological polar surface area (TPSA) is 76.1 Å². The minimum Gasteiger partial charge on any atom is -0.496 e. The van der Waals surface area contributed by atoms with Crippen molar-refractivity contribution in [2.45, 2.75) is 13.3 Å². The van der Waals surface area contributed by atoms with Gasteiger partial charge in [0, 0.05) is 22.9 Å². The third-order valence-electron chi connectivity index (χ3n) is 4.06. The Kier molecular flexibility index (Phi) is 6.45. The summed E-state index contributed by atoms with van der Waals surface area (Å²) in [5.41, 5.74) is 2.74. The van der Waals surface area contributed by atoms with E-state index in [0.29, 0.717) is 34.6 Å². The Morgan fingerprint density at radius 3 is 2.61 bits per heavy atom. The van der Waals surface area contributed by atoms with E-state index in [9.17, 15) is 4.79 Å². The fourth-order valence-electron chi connectivity index (χ4n) is 2.71. The van der Waals surface area contributed by atoms with E-state index in [1.54, 1.807) is 37.4 Å². The molecule has 0 aliphatic heterocycles. The number of benzene rings is 2. The van der Waals surface area contributed by atoms with Gasteiger partial charge in [-0.1, -0.05) is 29.8 Å². The molecule has 0 saturated heterocycles. The standard InChI is InChI=1S/C21H21ClN4O2/c1-14-13-18(20(27)25-17-9-7-16(22)8-10-17)26-21(24-14)23-12-11-15-5-3-4-6-19(15)28-2/h3-10,13H,11-12H2,1-2H3,(H,25,27)(H,23,24,26). The number of carbonyl (C=O) groups excluding carboxylic acids is 1. The largest absolute Gasteiger partial charge is 0.496 e. The van der Waals surface area contributed by atoms with Gasteiger partial charge in [0.2, 0.25) is 5.95 Å². The smallest absolute Gasteiger partial charge is 0.274 e. The Balaban J connectivity index is 1.65. The van der Waals surface area contributed by atoms with Gasteiger partial charge in [-0.25, -0.2) is 9.97 Å². The number of methoxy groups -OCH3 is 1. The molecule has 0 fully saturated rings. The summed E-state index contributed by atoms with van der Waals surface area (Å²) in [6, 6.07) is 16.4. The van der Waals surface area contributed by atoms with Crippen molar-refractivity contribution in [1.29, 1.82) is 0 Å². The zero-order valence-electron chi connectivity index (χ0n) is 15.7. The van der Waals surface area contributed by atoms with Crippen molar-refractivity contribution in [3.8, 4) is 5.75 Å². The average Bonchev–Trinajstić information content (AvgIpc) is 2.69. The zero-order valence-corrected chi connectivity index (χ0v) is 16.5. The van der Waals surface area contributed by atoms with E-state index < -0.39 is 0 Å². The van der Waals surface area contributed by atoms with E-state index in [4.69, 9.17) is 16.3 Å². The highest BCUT2D eigenvalue weighted by Gasteiger charge is 2.11. The Labute approximate surface area is 168 Å². The van der Waals surface area contributed by atoms with E-state index in [1.165, 1.54) is 0 Å². The number of carbonyl (C=O) groups is 1. The molecule has 6 nitrogen and oxygen atoms in total. The minimum atomic E-state index is -0.305. The summed E-state index contributed by atoms with van der Waals surface area (Å²) in [4.78, 5) is 21.2. The maximum Gasteiger partial charge on any atom is 0.274 e. The number of nitrogens with zero attached hydrogens (tertiary/aromatic N) is 2. The molecule has 2 N–H and O–H groups in total. The van der Waals surface area contributed by atoms with Gasteiger partial charge < -0.3 is 15.4 Å². The molecule has 0 unspecified atom stereocenters. The quantitative estimate of drug-likeness (QED) is 0.620. The third kappa shape index (κ3) is 5.20. The lowest BCUT2D eigenvalue weighted by Gasteiger charge is -2.10. The van der Waals surface area contributed by atoms with E-state index in [2.05, 4.69) is 20.6 Å². The van der Waals surface area contributed by atoms with E-state index in [-0.39, 0.29) is 5.91 Å². The highest BCUT2D eigenvalue weighted by atomic mass is 35.5. The van der Waals surface area contributed by atoms with Gasteiger partial charge in [0.15, 0.2) is 0 Å². The first-order valence-corrected chi connectivity index (χ1v) is 9.21. The summed E-state index contributed by atoms with van der Waals surface area (Å²) in [5, 5.41) is 6.59. The number of rotatable bonds is 7. The molecule has 3 rings (SSSR count). The summed E-state index contributed by atoms with van der Waals surface area (Å²) in [6.07, 6.45) is 0.744. The Morgan fingerprint density at radius 1 is 1.11 bits per heavy atom. The highest BCUT2D eigenvalue weighted by Crippen LogP contribution is 2.18. The van der Waals surface area contributed by atoms with Crippen LogP contribution in [-0.2, 0) is 6.42 Å². The van der Waals surface area contributed by atoms with E-state index in [1.807, 2.05) is 31.2 Å². The van der Waals surface area contributed by atoms with Crippen LogP contribution in [0.3, 0.4) is 0 Å². The van der Waals surface area contributed by atoms with Gasteiger partial charge >= 0.3 is 0 Å². The molecule has 2 aromatic carbocycles. The molecule has 28 heavy (non-hydrogen) atoms. The molecule has 144 valence electrons. The summed E-state index contributed by atoms with van der Waals surface area (Å²) >= 11 is 5.87. The van der Waals surface area contributed by atoms with E-state index >= 15 is 0 Å². The molecule has 0 bridgehead atoms. The lowest BCUT2D eigenvalue weighted by atomic mass is 10.1. The van der Waals surface area contributed by atoms with Crippen LogP contribution < -0.4 is 15.4 Å². The van der Waals surface area contributed by atoms with Crippen LogP contribution in [0, 0.1) is 6.92 Å². The van der Waals surface area contributed by atoms with Gasteiger partial charge in [-0.15, -0.1) is 0 Å². The fourth-order valence-corrected chi connectivity index (χ4v) is 2.84. The number of hydrogen-bond acceptors (Lipinski definition) is 5. The predicted octanol–water partition coefficient (Wildman–Crippen LogP) is 4.35. The molecule has 0 aliphatic rings. The van der Waals surface area contributed by atoms with Crippen molar-refractivity contribution in [2.24, 2.45) is 0 Å². The van der Waals surface area contributed by atoms with Crippen LogP contribution in [0.1, 0.15) is 21.7 Å². The van der Waals surface area contributed by atoms with Gasteiger partial charge in [-0.05, 0) is 55.3 Å². The lowest BCUT2D eigenvalue weighted by molar-refractivity contribution is 0.102. The van der Waals surface area contributed by atoms with E-state index in [0.717, 1.165) is 17.7 Å². The molecule has 0 atom stereocenters. The summed E-state index contributed by atoms with van der Waals surface area (Å²) in [7, 11) is 1.65. The molecule has 0 spiro atoms. The molecular formula is C21H21ClN4O2. The zero-order chi connectivity index (χ0) is 19.9. The van der Waals surface area contributed by atoms with Crippen LogP contribution in [0.15, 0.2) is 54.6 Å². The molecule has 0 radical (unpaired) electrons. The number of para-hydroxylation sites is 1. The molecular weight excluding hydrogens is 376 g/mol. The summed E-state index contributed by atoms with van der Waals surface area (Å²) in [5.74, 6) is 0.953.